The molecule has 3 rings (SSSR count). The molecule has 0 aliphatic heterocycles. The Morgan fingerprint density at radius 2 is 1.76 bits per heavy atom. The number of esters is 1. The molecule has 0 aliphatic carbocycles. The molecule has 1 N–H and O–H groups in total. The number of ether oxygens (including phenoxy) is 1. The number of benzene rings is 3. The Morgan fingerprint density at radius 3 is 2.38 bits per heavy atom. The highest BCUT2D eigenvalue weighted by Crippen LogP contribution is 2.28. The van der Waals surface area contributed by atoms with Crippen molar-refractivity contribution in [1.29, 1.82) is 0 Å². The first-order chi connectivity index (χ1) is 16.1. The van der Waals surface area contributed by atoms with E-state index in [0.29, 0.717) is 10.2 Å². The highest BCUT2D eigenvalue weighted by molar-refractivity contribution is 9.10. The Morgan fingerprint density at radius 1 is 1.06 bits per heavy atom. The van der Waals surface area contributed by atoms with Gasteiger partial charge in [-0.1, -0.05) is 51.3 Å². The number of carbonyl (C=O) groups is 2. The van der Waals surface area contributed by atoms with E-state index in [0.717, 1.165) is 9.87 Å². The van der Waals surface area contributed by atoms with Crippen LogP contribution in [0, 0.1) is 6.92 Å². The number of nitrogens with zero attached hydrogens (tertiary/aromatic N) is 1. The van der Waals surface area contributed by atoms with Crippen LogP contribution in [0.2, 0.25) is 5.02 Å². The molecule has 0 spiro atoms. The van der Waals surface area contributed by atoms with Crippen molar-refractivity contribution >= 4 is 60.8 Å². The molecule has 7 nitrogen and oxygen atoms in total. The summed E-state index contributed by atoms with van der Waals surface area (Å²) in [7, 11) is -4.05. The number of amides is 1. The van der Waals surface area contributed by atoms with Crippen LogP contribution in [0.1, 0.15) is 22.8 Å². The van der Waals surface area contributed by atoms with Gasteiger partial charge >= 0.3 is 5.97 Å². The zero-order chi connectivity index (χ0) is 24.9. The van der Waals surface area contributed by atoms with E-state index in [2.05, 4.69) is 21.2 Å². The normalized spacial score (nSPS) is 11.1. The summed E-state index contributed by atoms with van der Waals surface area (Å²) in [5.41, 5.74) is 1.70. The third-order valence-electron chi connectivity index (χ3n) is 4.75. The van der Waals surface area contributed by atoms with Gasteiger partial charge in [-0.15, -0.1) is 0 Å². The smallest absolute Gasteiger partial charge is 0.338 e. The summed E-state index contributed by atoms with van der Waals surface area (Å²) in [6.07, 6.45) is 0. The molecule has 0 aromatic heterocycles. The van der Waals surface area contributed by atoms with Crippen molar-refractivity contribution in [2.45, 2.75) is 18.7 Å². The largest absolute Gasteiger partial charge is 0.462 e. The minimum Gasteiger partial charge on any atom is -0.462 e. The highest BCUT2D eigenvalue weighted by Gasteiger charge is 2.27. The molecular weight excluding hydrogens is 544 g/mol. The van der Waals surface area contributed by atoms with Crippen molar-refractivity contribution in [3.63, 3.8) is 0 Å². The van der Waals surface area contributed by atoms with Crippen molar-refractivity contribution in [2.75, 3.05) is 22.8 Å². The topological polar surface area (TPSA) is 92.8 Å². The van der Waals surface area contributed by atoms with Gasteiger partial charge in [0.1, 0.15) is 6.54 Å². The van der Waals surface area contributed by atoms with E-state index >= 15 is 0 Å². The first-order valence-electron chi connectivity index (χ1n) is 10.2. The van der Waals surface area contributed by atoms with Crippen molar-refractivity contribution in [3.8, 4) is 0 Å². The minimum atomic E-state index is -4.05. The summed E-state index contributed by atoms with van der Waals surface area (Å²) < 4.78 is 33.5. The SMILES string of the molecule is CCOC(=O)c1ccc(NC(=O)CN(c2cccc(Br)c2)S(=O)(=O)c2ccc(C)cc2)c(Cl)c1. The Balaban J connectivity index is 1.89. The number of aryl methyl sites for hydroxylation is 1. The Bertz CT molecular complexity index is 1310. The Kier molecular flexibility index (Phi) is 8.35. The van der Waals surface area contributed by atoms with Crippen LogP contribution in [0.25, 0.3) is 0 Å². The molecule has 0 saturated carbocycles. The summed E-state index contributed by atoms with van der Waals surface area (Å²) in [6.45, 7) is 3.26. The Labute approximate surface area is 211 Å². The summed E-state index contributed by atoms with van der Waals surface area (Å²) in [4.78, 5) is 24.8. The van der Waals surface area contributed by atoms with Crippen molar-refractivity contribution < 1.29 is 22.7 Å². The lowest BCUT2D eigenvalue weighted by atomic mass is 10.2. The second-order valence-electron chi connectivity index (χ2n) is 7.27. The molecule has 0 atom stereocenters. The molecule has 10 heteroatoms. The number of sulfonamides is 1. The molecule has 3 aromatic rings. The van der Waals surface area contributed by atoms with Gasteiger partial charge in [0, 0.05) is 4.47 Å². The molecule has 178 valence electrons. The molecule has 1 amide bonds. The number of hydrogen-bond donors (Lipinski definition) is 1. The predicted octanol–water partition coefficient (Wildman–Crippen LogP) is 5.42. The van der Waals surface area contributed by atoms with E-state index in [9.17, 15) is 18.0 Å². The van der Waals surface area contributed by atoms with Gasteiger partial charge in [0.2, 0.25) is 5.91 Å². The van der Waals surface area contributed by atoms with Crippen LogP contribution in [-0.2, 0) is 19.6 Å². The number of rotatable bonds is 8. The van der Waals surface area contributed by atoms with E-state index in [-0.39, 0.29) is 27.8 Å². The van der Waals surface area contributed by atoms with Gasteiger partial charge in [-0.05, 0) is 62.4 Å². The van der Waals surface area contributed by atoms with Crippen molar-refractivity contribution in [1.82, 2.24) is 0 Å². The summed E-state index contributed by atoms with van der Waals surface area (Å²) in [6, 6.07) is 17.3. The number of halogens is 2. The highest BCUT2D eigenvalue weighted by atomic mass is 79.9. The average molecular weight is 566 g/mol. The first-order valence-corrected chi connectivity index (χ1v) is 12.8. The Hall–Kier alpha value is -2.88. The molecule has 0 saturated heterocycles. The van der Waals surface area contributed by atoms with Crippen molar-refractivity contribution in [2.24, 2.45) is 0 Å². The van der Waals surface area contributed by atoms with Crippen molar-refractivity contribution in [3.05, 3.63) is 87.4 Å². The maximum absolute atomic E-state index is 13.4. The molecule has 3 aromatic carbocycles. The first kappa shape index (κ1) is 25.7. The van der Waals surface area contributed by atoms with Gasteiger partial charge < -0.3 is 10.1 Å². The molecule has 0 aliphatic rings. The summed E-state index contributed by atoms with van der Waals surface area (Å²) >= 11 is 9.58. The molecule has 0 radical (unpaired) electrons. The maximum atomic E-state index is 13.4. The second kappa shape index (κ2) is 11.0. The van der Waals surface area contributed by atoms with Gasteiger partial charge in [0.25, 0.3) is 10.0 Å². The number of nitrogens with one attached hydrogen (secondary N) is 1. The molecule has 34 heavy (non-hydrogen) atoms. The number of carbonyl (C=O) groups excluding carboxylic acids is 2. The monoisotopic (exact) mass is 564 g/mol. The van der Waals surface area contributed by atoms with Crippen LogP contribution in [0.5, 0.6) is 0 Å². The van der Waals surface area contributed by atoms with Gasteiger partial charge in [-0.2, -0.15) is 0 Å². The standard InChI is InChI=1S/C24H22BrClN2O5S/c1-3-33-24(30)17-9-12-22(21(26)13-17)27-23(29)15-28(19-6-4-5-18(25)14-19)34(31,32)20-10-7-16(2)8-11-20/h4-14H,3,15H2,1-2H3,(H,27,29). The van der Waals surface area contributed by atoms with E-state index < -0.39 is 28.4 Å². The van der Waals surface area contributed by atoms with Crippen LogP contribution < -0.4 is 9.62 Å². The molecular formula is C24H22BrClN2O5S. The number of anilines is 2. The minimum absolute atomic E-state index is 0.0581. The van der Waals surface area contributed by atoms with E-state index in [4.69, 9.17) is 16.3 Å². The van der Waals surface area contributed by atoms with Crippen LogP contribution in [-0.4, -0.2) is 33.4 Å². The molecule has 0 bridgehead atoms. The summed E-state index contributed by atoms with van der Waals surface area (Å²) in [5.74, 6) is -1.14. The van der Waals surface area contributed by atoms with E-state index in [1.54, 1.807) is 43.3 Å². The summed E-state index contributed by atoms with van der Waals surface area (Å²) in [5, 5.41) is 2.73. The maximum Gasteiger partial charge on any atom is 0.338 e. The van der Waals surface area contributed by atoms with Gasteiger partial charge in [0.15, 0.2) is 0 Å². The third-order valence-corrected chi connectivity index (χ3v) is 7.34. The number of hydrogen-bond acceptors (Lipinski definition) is 5. The fourth-order valence-corrected chi connectivity index (χ4v) is 5.09. The van der Waals surface area contributed by atoms with E-state index in [1.807, 2.05) is 6.92 Å². The van der Waals surface area contributed by atoms with Crippen LogP contribution in [0.15, 0.2) is 76.1 Å². The quantitative estimate of drug-likeness (QED) is 0.368. The van der Waals surface area contributed by atoms with Crippen LogP contribution >= 0.6 is 27.5 Å². The third kappa shape index (κ3) is 6.16. The van der Waals surface area contributed by atoms with E-state index in [1.165, 1.54) is 30.3 Å². The van der Waals surface area contributed by atoms with Gasteiger partial charge in [-0.25, -0.2) is 13.2 Å². The predicted molar refractivity (Wildman–Crippen MR) is 136 cm³/mol. The lowest BCUT2D eigenvalue weighted by Gasteiger charge is -2.24. The molecule has 0 unspecified atom stereocenters. The molecule has 0 fully saturated rings. The van der Waals surface area contributed by atoms with Gasteiger partial charge in [-0.3, -0.25) is 9.10 Å². The zero-order valence-electron chi connectivity index (χ0n) is 18.4. The zero-order valence-corrected chi connectivity index (χ0v) is 21.6. The van der Waals surface area contributed by atoms with Crippen LogP contribution in [0.3, 0.4) is 0 Å². The lowest BCUT2D eigenvalue weighted by Crippen LogP contribution is -2.38. The molecule has 0 heterocycles. The van der Waals surface area contributed by atoms with Crippen LogP contribution in [0.4, 0.5) is 11.4 Å². The second-order valence-corrected chi connectivity index (χ2v) is 10.5. The fourth-order valence-electron chi connectivity index (χ4n) is 3.06. The fraction of sp³-hybridized carbons (Fsp3) is 0.167. The average Bonchev–Trinajstić information content (AvgIpc) is 2.79. The lowest BCUT2D eigenvalue weighted by molar-refractivity contribution is -0.114. The van der Waals surface area contributed by atoms with Gasteiger partial charge in [0.05, 0.1) is 33.5 Å².